The van der Waals surface area contributed by atoms with E-state index in [9.17, 15) is 0 Å². The van der Waals surface area contributed by atoms with E-state index in [4.69, 9.17) is 4.98 Å². The molecule has 1 N–H and O–H groups in total. The summed E-state index contributed by atoms with van der Waals surface area (Å²) in [6.45, 7) is 7.60. The topological polar surface area (TPSA) is 24.9 Å². The Kier molecular flexibility index (Phi) is 4.14. The van der Waals surface area contributed by atoms with E-state index >= 15 is 0 Å². The lowest BCUT2D eigenvalue weighted by molar-refractivity contribution is 0.701. The zero-order valence-electron chi connectivity index (χ0n) is 13.4. The minimum Gasteiger partial charge on any atom is -0.385 e. The number of hydrogen-bond donors (Lipinski definition) is 1. The van der Waals surface area contributed by atoms with Crippen LogP contribution in [0.3, 0.4) is 0 Å². The molecule has 1 aliphatic carbocycles. The Bertz CT molecular complexity index is 625. The summed E-state index contributed by atoms with van der Waals surface area (Å²) >= 11 is 0. The molecule has 2 aromatic rings. The highest BCUT2D eigenvalue weighted by atomic mass is 14.9. The van der Waals surface area contributed by atoms with Crippen molar-refractivity contribution >= 4 is 16.6 Å². The first-order valence-electron chi connectivity index (χ1n) is 8.37. The van der Waals surface area contributed by atoms with Crippen LogP contribution in [0.1, 0.15) is 69.5 Å². The molecule has 0 saturated heterocycles. The Morgan fingerprint density at radius 1 is 1.19 bits per heavy atom. The van der Waals surface area contributed by atoms with E-state index < -0.39 is 0 Å². The second-order valence-electron chi connectivity index (χ2n) is 6.54. The van der Waals surface area contributed by atoms with Gasteiger partial charge in [-0.15, -0.1) is 0 Å². The number of benzene rings is 1. The Balaban J connectivity index is 2.10. The van der Waals surface area contributed by atoms with Crippen LogP contribution < -0.4 is 5.32 Å². The molecular weight excluding hydrogens is 256 g/mol. The van der Waals surface area contributed by atoms with Crippen LogP contribution in [-0.2, 0) is 0 Å². The van der Waals surface area contributed by atoms with Crippen molar-refractivity contribution in [3.05, 3.63) is 35.5 Å². The lowest BCUT2D eigenvalue weighted by Crippen LogP contribution is -2.03. The zero-order valence-corrected chi connectivity index (χ0v) is 13.4. The van der Waals surface area contributed by atoms with E-state index in [0.717, 1.165) is 12.1 Å². The maximum Gasteiger partial charge on any atom is 0.0726 e. The number of rotatable bonds is 4. The third-order valence-electron chi connectivity index (χ3n) is 4.66. The Morgan fingerprint density at radius 2 is 1.95 bits per heavy atom. The van der Waals surface area contributed by atoms with Gasteiger partial charge in [-0.25, -0.2) is 0 Å². The first kappa shape index (κ1) is 14.4. The van der Waals surface area contributed by atoms with Crippen LogP contribution in [-0.4, -0.2) is 11.5 Å². The molecule has 0 atom stereocenters. The van der Waals surface area contributed by atoms with Gasteiger partial charge in [-0.2, -0.15) is 0 Å². The van der Waals surface area contributed by atoms with Gasteiger partial charge < -0.3 is 5.32 Å². The van der Waals surface area contributed by atoms with E-state index in [1.807, 2.05) is 0 Å². The molecule has 2 nitrogen and oxygen atoms in total. The number of hydrogen-bond acceptors (Lipinski definition) is 2. The number of pyridine rings is 1. The number of fused-ring (bicyclic) bond motifs is 1. The first-order valence-corrected chi connectivity index (χ1v) is 8.37. The summed E-state index contributed by atoms with van der Waals surface area (Å²) in [4.78, 5) is 4.96. The van der Waals surface area contributed by atoms with Gasteiger partial charge in [0, 0.05) is 29.2 Å². The second-order valence-corrected chi connectivity index (χ2v) is 6.54. The Morgan fingerprint density at radius 3 is 2.62 bits per heavy atom. The van der Waals surface area contributed by atoms with Gasteiger partial charge in [0.2, 0.25) is 0 Å². The van der Waals surface area contributed by atoms with Gasteiger partial charge in [0.1, 0.15) is 0 Å². The molecule has 0 unspecified atom stereocenters. The third-order valence-corrected chi connectivity index (χ3v) is 4.66. The van der Waals surface area contributed by atoms with Crippen molar-refractivity contribution in [1.29, 1.82) is 0 Å². The third kappa shape index (κ3) is 2.90. The molecule has 1 heterocycles. The normalized spacial score (nSPS) is 16.0. The van der Waals surface area contributed by atoms with Crippen molar-refractivity contribution in [3.8, 4) is 0 Å². The van der Waals surface area contributed by atoms with Gasteiger partial charge >= 0.3 is 0 Å². The quantitative estimate of drug-likeness (QED) is 0.806. The lowest BCUT2D eigenvalue weighted by Gasteiger charge is -2.16. The molecule has 3 rings (SSSR count). The molecule has 21 heavy (non-hydrogen) atoms. The Labute approximate surface area is 128 Å². The molecule has 0 amide bonds. The molecule has 0 radical (unpaired) electrons. The summed E-state index contributed by atoms with van der Waals surface area (Å²) in [5.74, 6) is 1.22. The summed E-state index contributed by atoms with van der Waals surface area (Å²) in [5.41, 5.74) is 5.07. The maximum atomic E-state index is 4.96. The van der Waals surface area contributed by atoms with Crippen molar-refractivity contribution in [1.82, 2.24) is 4.98 Å². The van der Waals surface area contributed by atoms with Gasteiger partial charge in [-0.1, -0.05) is 32.8 Å². The van der Waals surface area contributed by atoms with Crippen molar-refractivity contribution in [2.75, 3.05) is 11.9 Å². The van der Waals surface area contributed by atoms with Crippen molar-refractivity contribution in [2.24, 2.45) is 0 Å². The Hall–Kier alpha value is -1.57. The first-order chi connectivity index (χ1) is 10.2. The van der Waals surface area contributed by atoms with Crippen LogP contribution in [0.4, 0.5) is 5.69 Å². The second kappa shape index (κ2) is 6.05. The molecule has 1 aliphatic rings. The van der Waals surface area contributed by atoms with Crippen LogP contribution in [0.15, 0.2) is 24.3 Å². The predicted molar refractivity (Wildman–Crippen MR) is 91.2 cm³/mol. The van der Waals surface area contributed by atoms with Gasteiger partial charge in [0.05, 0.1) is 5.52 Å². The predicted octanol–water partition coefficient (Wildman–Crippen LogP) is 5.45. The minimum atomic E-state index is 0.554. The molecule has 1 fully saturated rings. The highest BCUT2D eigenvalue weighted by Crippen LogP contribution is 2.36. The monoisotopic (exact) mass is 282 g/mol. The van der Waals surface area contributed by atoms with E-state index in [1.54, 1.807) is 0 Å². The molecule has 0 aliphatic heterocycles. The van der Waals surface area contributed by atoms with Crippen LogP contribution in [0, 0.1) is 0 Å². The SMILES string of the molecule is CCNc1cc(C2CCCC2)nc2ccc(C(C)C)cc12. The van der Waals surface area contributed by atoms with E-state index in [1.165, 1.54) is 48.0 Å². The fourth-order valence-electron chi connectivity index (χ4n) is 3.39. The fraction of sp³-hybridized carbons (Fsp3) is 0.526. The summed E-state index contributed by atoms with van der Waals surface area (Å²) < 4.78 is 0. The van der Waals surface area contributed by atoms with Gasteiger partial charge in [0.25, 0.3) is 0 Å². The lowest BCUT2D eigenvalue weighted by atomic mass is 9.98. The largest absolute Gasteiger partial charge is 0.385 e. The fourth-order valence-corrected chi connectivity index (χ4v) is 3.39. The standard InChI is InChI=1S/C19H26N2/c1-4-20-19-12-18(14-7-5-6-8-14)21-17-10-9-15(13(2)3)11-16(17)19/h9-14H,4-8H2,1-3H3,(H,20,21). The van der Waals surface area contributed by atoms with Crippen molar-refractivity contribution in [3.63, 3.8) is 0 Å². The maximum absolute atomic E-state index is 4.96. The molecule has 1 aromatic carbocycles. The summed E-state index contributed by atoms with van der Waals surface area (Å²) in [6.07, 6.45) is 5.31. The number of nitrogens with one attached hydrogen (secondary N) is 1. The molecule has 112 valence electrons. The summed E-state index contributed by atoms with van der Waals surface area (Å²) in [5, 5.41) is 4.81. The smallest absolute Gasteiger partial charge is 0.0726 e. The van der Waals surface area contributed by atoms with E-state index in [2.05, 4.69) is 50.4 Å². The molecule has 1 aromatic heterocycles. The van der Waals surface area contributed by atoms with Crippen molar-refractivity contribution in [2.45, 2.75) is 58.3 Å². The molecular formula is C19H26N2. The van der Waals surface area contributed by atoms with Gasteiger partial charge in [0.15, 0.2) is 0 Å². The average Bonchev–Trinajstić information content (AvgIpc) is 3.01. The molecule has 1 saturated carbocycles. The highest BCUT2D eigenvalue weighted by molar-refractivity contribution is 5.92. The number of anilines is 1. The highest BCUT2D eigenvalue weighted by Gasteiger charge is 2.20. The van der Waals surface area contributed by atoms with Crippen LogP contribution in [0.5, 0.6) is 0 Å². The minimum absolute atomic E-state index is 0.554. The zero-order chi connectivity index (χ0) is 14.8. The summed E-state index contributed by atoms with van der Waals surface area (Å²) in [6, 6.07) is 9.04. The molecule has 0 bridgehead atoms. The number of nitrogens with zero attached hydrogens (tertiary/aromatic N) is 1. The van der Waals surface area contributed by atoms with Gasteiger partial charge in [-0.05, 0) is 49.4 Å². The summed E-state index contributed by atoms with van der Waals surface area (Å²) in [7, 11) is 0. The van der Waals surface area contributed by atoms with Gasteiger partial charge in [-0.3, -0.25) is 4.98 Å². The number of aromatic nitrogens is 1. The van der Waals surface area contributed by atoms with Crippen LogP contribution >= 0.6 is 0 Å². The van der Waals surface area contributed by atoms with E-state index in [-0.39, 0.29) is 0 Å². The van der Waals surface area contributed by atoms with Crippen LogP contribution in [0.25, 0.3) is 10.9 Å². The molecule has 0 spiro atoms. The van der Waals surface area contributed by atoms with E-state index in [0.29, 0.717) is 11.8 Å². The average molecular weight is 282 g/mol. The van der Waals surface area contributed by atoms with Crippen molar-refractivity contribution < 1.29 is 0 Å². The molecule has 2 heteroatoms. The van der Waals surface area contributed by atoms with Crippen LogP contribution in [0.2, 0.25) is 0 Å².